The summed E-state index contributed by atoms with van der Waals surface area (Å²) in [7, 11) is 0. The fourth-order valence-corrected chi connectivity index (χ4v) is 2.65. The van der Waals surface area contributed by atoms with Crippen molar-refractivity contribution < 1.29 is 0 Å². The van der Waals surface area contributed by atoms with Crippen molar-refractivity contribution in [2.45, 2.75) is 46.0 Å². The highest BCUT2D eigenvalue weighted by Gasteiger charge is 2.08. The maximum atomic E-state index is 11.5. The van der Waals surface area contributed by atoms with Gasteiger partial charge in [-0.15, -0.1) is 0 Å². The van der Waals surface area contributed by atoms with Gasteiger partial charge in [-0.05, 0) is 19.3 Å². The molecule has 0 radical (unpaired) electrons. The second kappa shape index (κ2) is 5.40. The van der Waals surface area contributed by atoms with E-state index in [1.165, 1.54) is 24.2 Å². The van der Waals surface area contributed by atoms with E-state index in [4.69, 9.17) is 0 Å². The Balaban J connectivity index is 2.38. The summed E-state index contributed by atoms with van der Waals surface area (Å²) in [6.45, 7) is 4.24. The van der Waals surface area contributed by atoms with Crippen molar-refractivity contribution in [2.24, 2.45) is 0 Å². The summed E-state index contributed by atoms with van der Waals surface area (Å²) < 4.78 is 1.83. The van der Waals surface area contributed by atoms with E-state index >= 15 is 0 Å². The smallest absolute Gasteiger partial charge is 0.267 e. The molecule has 0 saturated heterocycles. The van der Waals surface area contributed by atoms with E-state index in [0.717, 1.165) is 34.9 Å². The van der Waals surface area contributed by atoms with Crippen molar-refractivity contribution in [3.63, 3.8) is 0 Å². The van der Waals surface area contributed by atoms with Gasteiger partial charge in [-0.2, -0.15) is 10.1 Å². The van der Waals surface area contributed by atoms with Gasteiger partial charge in [0.05, 0.1) is 5.69 Å². The molecule has 2 aromatic rings. The summed E-state index contributed by atoms with van der Waals surface area (Å²) in [6, 6.07) is 1.61. The van der Waals surface area contributed by atoms with Crippen LogP contribution >= 0.6 is 11.3 Å². The monoisotopic (exact) mass is 251 g/mol. The van der Waals surface area contributed by atoms with Crippen LogP contribution in [0.15, 0.2) is 10.9 Å². The molecule has 2 heterocycles. The largest absolute Gasteiger partial charge is 0.274 e. The van der Waals surface area contributed by atoms with Gasteiger partial charge >= 0.3 is 0 Å². The van der Waals surface area contributed by atoms with Crippen molar-refractivity contribution in [3.8, 4) is 0 Å². The Kier molecular flexibility index (Phi) is 3.89. The van der Waals surface area contributed by atoms with Crippen molar-refractivity contribution in [3.05, 3.63) is 27.1 Å². The van der Waals surface area contributed by atoms with Crippen molar-refractivity contribution in [1.82, 2.24) is 14.6 Å². The SMILES string of the molecule is CCCCCc1cc(=O)nc2sc(CC)nn12. The number of aryl methyl sites for hydroxylation is 2. The van der Waals surface area contributed by atoms with Gasteiger partial charge in [-0.3, -0.25) is 4.79 Å². The number of hydrogen-bond donors (Lipinski definition) is 0. The van der Waals surface area contributed by atoms with E-state index in [0.29, 0.717) is 0 Å². The first-order chi connectivity index (χ1) is 8.24. The summed E-state index contributed by atoms with van der Waals surface area (Å²) >= 11 is 1.51. The topological polar surface area (TPSA) is 47.3 Å². The van der Waals surface area contributed by atoms with Crippen LogP contribution in [0, 0.1) is 0 Å². The Hall–Kier alpha value is -1.23. The third-order valence-corrected chi connectivity index (χ3v) is 3.76. The quantitative estimate of drug-likeness (QED) is 0.767. The number of hydrogen-bond acceptors (Lipinski definition) is 4. The molecule has 0 saturated carbocycles. The van der Waals surface area contributed by atoms with Crippen LogP contribution < -0.4 is 5.56 Å². The van der Waals surface area contributed by atoms with E-state index < -0.39 is 0 Å². The molecule has 0 fully saturated rings. The van der Waals surface area contributed by atoms with Crippen LogP contribution in [0.2, 0.25) is 0 Å². The van der Waals surface area contributed by atoms with Crippen molar-refractivity contribution >= 4 is 16.3 Å². The summed E-state index contributed by atoms with van der Waals surface area (Å²) in [5.74, 6) is 0. The second-order valence-corrected chi connectivity index (χ2v) is 5.13. The first-order valence-electron chi connectivity index (χ1n) is 6.13. The summed E-state index contributed by atoms with van der Waals surface area (Å²) in [4.78, 5) is 16.2. The minimum Gasteiger partial charge on any atom is -0.267 e. The molecular weight excluding hydrogens is 234 g/mol. The Morgan fingerprint density at radius 3 is 2.88 bits per heavy atom. The Morgan fingerprint density at radius 2 is 2.18 bits per heavy atom. The maximum absolute atomic E-state index is 11.5. The van der Waals surface area contributed by atoms with Crippen LogP contribution in [-0.4, -0.2) is 14.6 Å². The predicted octanol–water partition coefficient (Wildman–Crippen LogP) is 2.45. The van der Waals surface area contributed by atoms with Crippen LogP contribution in [0.4, 0.5) is 0 Å². The zero-order valence-electron chi connectivity index (χ0n) is 10.3. The maximum Gasteiger partial charge on any atom is 0.274 e. The lowest BCUT2D eigenvalue weighted by Gasteiger charge is -2.01. The molecule has 92 valence electrons. The molecular formula is C12H17N3OS. The van der Waals surface area contributed by atoms with Gasteiger partial charge in [0.2, 0.25) is 4.96 Å². The standard InChI is InChI=1S/C12H17N3OS/c1-3-5-6-7-9-8-10(16)13-12-15(9)14-11(4-2)17-12/h8H,3-7H2,1-2H3. The van der Waals surface area contributed by atoms with Gasteiger partial charge in [0.25, 0.3) is 5.56 Å². The van der Waals surface area contributed by atoms with Gasteiger partial charge in [-0.25, -0.2) is 4.52 Å². The summed E-state index contributed by atoms with van der Waals surface area (Å²) in [6.07, 6.45) is 5.25. The molecule has 17 heavy (non-hydrogen) atoms. The molecule has 2 rings (SSSR count). The highest BCUT2D eigenvalue weighted by Crippen LogP contribution is 2.14. The van der Waals surface area contributed by atoms with Crippen LogP contribution in [0.3, 0.4) is 0 Å². The van der Waals surface area contributed by atoms with Crippen molar-refractivity contribution in [1.29, 1.82) is 0 Å². The minimum atomic E-state index is -0.150. The molecule has 0 spiro atoms. The lowest BCUT2D eigenvalue weighted by atomic mass is 10.1. The molecule has 0 unspecified atom stereocenters. The molecule has 0 amide bonds. The average Bonchev–Trinajstić information content (AvgIpc) is 2.72. The summed E-state index contributed by atoms with van der Waals surface area (Å²) in [5, 5.41) is 5.51. The van der Waals surface area contributed by atoms with Crippen LogP contribution in [0.25, 0.3) is 4.96 Å². The molecule has 0 aromatic carbocycles. The molecule has 0 aliphatic carbocycles. The Labute approximate surface area is 104 Å². The number of fused-ring (bicyclic) bond motifs is 1. The third kappa shape index (κ3) is 2.72. The zero-order chi connectivity index (χ0) is 12.3. The molecule has 0 aliphatic rings. The fourth-order valence-electron chi connectivity index (χ4n) is 1.79. The molecule has 0 bridgehead atoms. The van der Waals surface area contributed by atoms with Crippen LogP contribution in [0.1, 0.15) is 43.8 Å². The van der Waals surface area contributed by atoms with E-state index in [1.807, 2.05) is 4.52 Å². The highest BCUT2D eigenvalue weighted by atomic mass is 32.1. The van der Waals surface area contributed by atoms with Gasteiger partial charge < -0.3 is 0 Å². The molecule has 4 nitrogen and oxygen atoms in total. The van der Waals surface area contributed by atoms with Gasteiger partial charge in [0, 0.05) is 6.07 Å². The number of unbranched alkanes of at least 4 members (excludes halogenated alkanes) is 2. The van der Waals surface area contributed by atoms with Gasteiger partial charge in [0.1, 0.15) is 5.01 Å². The summed E-state index contributed by atoms with van der Waals surface area (Å²) in [5.41, 5.74) is 0.840. The highest BCUT2D eigenvalue weighted by molar-refractivity contribution is 7.16. The lowest BCUT2D eigenvalue weighted by Crippen LogP contribution is -2.11. The van der Waals surface area contributed by atoms with Crippen molar-refractivity contribution in [2.75, 3.05) is 0 Å². The zero-order valence-corrected chi connectivity index (χ0v) is 11.1. The number of rotatable bonds is 5. The van der Waals surface area contributed by atoms with Crippen LogP contribution in [0.5, 0.6) is 0 Å². The average molecular weight is 251 g/mol. The fraction of sp³-hybridized carbons (Fsp3) is 0.583. The molecule has 2 aromatic heterocycles. The second-order valence-electron chi connectivity index (χ2n) is 4.09. The van der Waals surface area contributed by atoms with Gasteiger partial charge in [-0.1, -0.05) is 38.0 Å². The normalized spacial score (nSPS) is 11.2. The minimum absolute atomic E-state index is 0.150. The van der Waals surface area contributed by atoms with E-state index in [1.54, 1.807) is 6.07 Å². The molecule has 5 heteroatoms. The lowest BCUT2D eigenvalue weighted by molar-refractivity contribution is 0.685. The van der Waals surface area contributed by atoms with Crippen LogP contribution in [-0.2, 0) is 12.8 Å². The number of aromatic nitrogens is 3. The van der Waals surface area contributed by atoms with E-state index in [2.05, 4.69) is 23.9 Å². The van der Waals surface area contributed by atoms with E-state index in [9.17, 15) is 4.79 Å². The third-order valence-electron chi connectivity index (χ3n) is 2.71. The molecule has 0 atom stereocenters. The predicted molar refractivity (Wildman–Crippen MR) is 69.7 cm³/mol. The molecule has 0 N–H and O–H groups in total. The van der Waals surface area contributed by atoms with E-state index in [-0.39, 0.29) is 5.56 Å². The number of nitrogens with zero attached hydrogens (tertiary/aromatic N) is 3. The van der Waals surface area contributed by atoms with Gasteiger partial charge in [0.15, 0.2) is 0 Å². The first-order valence-corrected chi connectivity index (χ1v) is 6.95. The Morgan fingerprint density at radius 1 is 1.35 bits per heavy atom. The Bertz CT molecular complexity index is 558. The molecule has 0 aliphatic heterocycles. The first kappa shape index (κ1) is 12.2.